The minimum absolute atomic E-state index is 0.179. The molecule has 3 rings (SSSR count). The molecule has 0 saturated carbocycles. The summed E-state index contributed by atoms with van der Waals surface area (Å²) in [7, 11) is 0. The minimum Gasteiger partial charge on any atom is -0.367 e. The Kier molecular flexibility index (Phi) is 4.66. The quantitative estimate of drug-likeness (QED) is 0.863. The fourth-order valence-electron chi connectivity index (χ4n) is 2.41. The molecule has 0 radical (unpaired) electrons. The predicted molar refractivity (Wildman–Crippen MR) is 91.4 cm³/mol. The predicted octanol–water partition coefficient (Wildman–Crippen LogP) is 2.28. The van der Waals surface area contributed by atoms with Crippen LogP contribution in [0.1, 0.15) is 4.88 Å². The fourth-order valence-corrected chi connectivity index (χ4v) is 3.81. The van der Waals surface area contributed by atoms with E-state index >= 15 is 0 Å². The van der Waals surface area contributed by atoms with Crippen molar-refractivity contribution >= 4 is 50.9 Å². The maximum Gasteiger partial charge on any atom is 0.248 e. The highest BCUT2D eigenvalue weighted by Gasteiger charge is 2.26. The number of rotatable bonds is 3. The van der Waals surface area contributed by atoms with Crippen molar-refractivity contribution in [3.8, 4) is 0 Å². The zero-order valence-electron chi connectivity index (χ0n) is 12.2. The van der Waals surface area contributed by atoms with E-state index in [1.807, 2.05) is 24.3 Å². The van der Waals surface area contributed by atoms with Crippen molar-refractivity contribution in [3.63, 3.8) is 0 Å². The maximum absolute atomic E-state index is 12.3. The highest BCUT2D eigenvalue weighted by molar-refractivity contribution is 7.20. The molecule has 0 spiro atoms. The van der Waals surface area contributed by atoms with Crippen LogP contribution in [0.5, 0.6) is 0 Å². The lowest BCUT2D eigenvalue weighted by Gasteiger charge is -2.30. The van der Waals surface area contributed by atoms with E-state index in [1.54, 1.807) is 11.0 Å². The fraction of sp³-hybridized carbons (Fsp3) is 0.250. The van der Waals surface area contributed by atoms with Crippen LogP contribution in [0.2, 0.25) is 5.02 Å². The molecule has 5 nitrogen and oxygen atoms in total. The average Bonchev–Trinajstić information content (AvgIpc) is 2.89. The number of ether oxygens (including phenoxy) is 1. The zero-order valence-corrected chi connectivity index (χ0v) is 13.8. The molecule has 1 aliphatic heterocycles. The number of carbonyl (C=O) groups is 2. The summed E-state index contributed by atoms with van der Waals surface area (Å²) in [6, 6.07) is 7.82. The first kappa shape index (κ1) is 16.0. The Labute approximate surface area is 142 Å². The summed E-state index contributed by atoms with van der Waals surface area (Å²) in [6.07, 6.45) is 2.44. The molecule has 1 aromatic heterocycles. The first-order valence-electron chi connectivity index (χ1n) is 7.11. The van der Waals surface area contributed by atoms with Gasteiger partial charge in [0.1, 0.15) is 0 Å². The number of fused-ring (bicyclic) bond motifs is 1. The van der Waals surface area contributed by atoms with Gasteiger partial charge in [0, 0.05) is 27.6 Å². The van der Waals surface area contributed by atoms with E-state index in [4.69, 9.17) is 22.1 Å². The first-order valence-corrected chi connectivity index (χ1v) is 8.30. The number of benzene rings is 1. The number of primary amides is 1. The number of amides is 2. The summed E-state index contributed by atoms with van der Waals surface area (Å²) in [6.45, 7) is 0.919. The molecule has 1 aliphatic rings. The SMILES string of the molecule is NC(=O)C1CN(C(=O)/C=C/c2sc3ccccc3c2Cl)CCO1. The van der Waals surface area contributed by atoms with E-state index in [-0.39, 0.29) is 12.5 Å². The second-order valence-corrected chi connectivity index (χ2v) is 6.62. The normalized spacial score (nSPS) is 18.7. The van der Waals surface area contributed by atoms with E-state index in [9.17, 15) is 9.59 Å². The van der Waals surface area contributed by atoms with Gasteiger partial charge >= 0.3 is 0 Å². The third-order valence-electron chi connectivity index (χ3n) is 3.63. The van der Waals surface area contributed by atoms with Gasteiger partial charge in [0.2, 0.25) is 11.8 Å². The van der Waals surface area contributed by atoms with Crippen LogP contribution in [0.3, 0.4) is 0 Å². The van der Waals surface area contributed by atoms with Gasteiger partial charge in [-0.1, -0.05) is 29.8 Å². The van der Waals surface area contributed by atoms with Crippen LogP contribution >= 0.6 is 22.9 Å². The van der Waals surface area contributed by atoms with Crippen molar-refractivity contribution in [1.82, 2.24) is 4.90 Å². The van der Waals surface area contributed by atoms with Crippen molar-refractivity contribution in [2.75, 3.05) is 19.7 Å². The number of carbonyl (C=O) groups excluding carboxylic acids is 2. The van der Waals surface area contributed by atoms with E-state index in [1.165, 1.54) is 17.4 Å². The van der Waals surface area contributed by atoms with Gasteiger partial charge in [-0.15, -0.1) is 11.3 Å². The van der Waals surface area contributed by atoms with Gasteiger partial charge in [-0.3, -0.25) is 9.59 Å². The topological polar surface area (TPSA) is 72.6 Å². The van der Waals surface area contributed by atoms with Crippen molar-refractivity contribution in [1.29, 1.82) is 0 Å². The van der Waals surface area contributed by atoms with E-state index in [2.05, 4.69) is 0 Å². The summed E-state index contributed by atoms with van der Waals surface area (Å²) in [4.78, 5) is 25.8. The molecule has 0 aliphatic carbocycles. The molecular weight excluding hydrogens is 336 g/mol. The Hall–Kier alpha value is -1.89. The highest BCUT2D eigenvalue weighted by Crippen LogP contribution is 2.35. The maximum atomic E-state index is 12.3. The van der Waals surface area contributed by atoms with Crippen LogP contribution in [-0.2, 0) is 14.3 Å². The monoisotopic (exact) mass is 350 g/mol. The Balaban J connectivity index is 1.75. The van der Waals surface area contributed by atoms with Crippen molar-refractivity contribution in [2.45, 2.75) is 6.10 Å². The third-order valence-corrected chi connectivity index (χ3v) is 5.29. The molecule has 7 heteroatoms. The van der Waals surface area contributed by atoms with Gasteiger partial charge < -0.3 is 15.4 Å². The number of hydrogen-bond acceptors (Lipinski definition) is 4. The molecule has 1 atom stereocenters. The molecule has 1 aromatic carbocycles. The summed E-state index contributed by atoms with van der Waals surface area (Å²) in [5.41, 5.74) is 5.22. The smallest absolute Gasteiger partial charge is 0.248 e. The molecule has 1 fully saturated rings. The molecule has 0 bridgehead atoms. The van der Waals surface area contributed by atoms with Gasteiger partial charge in [0.15, 0.2) is 6.10 Å². The average molecular weight is 351 g/mol. The van der Waals surface area contributed by atoms with Gasteiger partial charge in [-0.25, -0.2) is 0 Å². The molecule has 23 heavy (non-hydrogen) atoms. The highest BCUT2D eigenvalue weighted by atomic mass is 35.5. The van der Waals surface area contributed by atoms with Crippen LogP contribution in [0.15, 0.2) is 30.3 Å². The lowest BCUT2D eigenvalue weighted by atomic mass is 10.2. The number of nitrogens with zero attached hydrogens (tertiary/aromatic N) is 1. The summed E-state index contributed by atoms with van der Waals surface area (Å²) < 4.78 is 6.30. The summed E-state index contributed by atoms with van der Waals surface area (Å²) >= 11 is 7.87. The Morgan fingerprint density at radius 1 is 1.39 bits per heavy atom. The van der Waals surface area contributed by atoms with Crippen LogP contribution < -0.4 is 5.73 Å². The minimum atomic E-state index is -0.742. The standard InChI is InChI=1S/C16H15ClN2O3S/c17-15-10-3-1-2-4-12(10)23-13(15)5-6-14(20)19-7-8-22-11(9-19)16(18)21/h1-6,11H,7-9H2,(H2,18,21)/b6-5+. The molecular formula is C16H15ClN2O3S. The van der Waals surface area contributed by atoms with Crippen LogP contribution in [-0.4, -0.2) is 42.5 Å². The summed E-state index contributed by atoms with van der Waals surface area (Å²) in [5.74, 6) is -0.743. The molecule has 120 valence electrons. The van der Waals surface area contributed by atoms with Crippen molar-refractivity contribution in [2.24, 2.45) is 5.73 Å². The van der Waals surface area contributed by atoms with Crippen LogP contribution in [0, 0.1) is 0 Å². The number of hydrogen-bond donors (Lipinski definition) is 1. The van der Waals surface area contributed by atoms with Gasteiger partial charge in [-0.2, -0.15) is 0 Å². The molecule has 2 heterocycles. The lowest BCUT2D eigenvalue weighted by molar-refractivity contribution is -0.142. The second kappa shape index (κ2) is 6.70. The largest absolute Gasteiger partial charge is 0.367 e. The van der Waals surface area contributed by atoms with E-state index in [0.29, 0.717) is 18.2 Å². The Morgan fingerprint density at radius 2 is 2.17 bits per heavy atom. The second-order valence-electron chi connectivity index (χ2n) is 5.16. The lowest BCUT2D eigenvalue weighted by Crippen LogP contribution is -2.50. The molecule has 2 amide bonds. The number of nitrogens with two attached hydrogens (primary N) is 1. The van der Waals surface area contributed by atoms with E-state index < -0.39 is 12.0 Å². The third kappa shape index (κ3) is 3.39. The first-order chi connectivity index (χ1) is 11.1. The molecule has 2 N–H and O–H groups in total. The zero-order chi connectivity index (χ0) is 16.4. The number of halogens is 1. The Bertz CT molecular complexity index is 787. The molecule has 2 aromatic rings. The number of thiophene rings is 1. The van der Waals surface area contributed by atoms with Crippen molar-refractivity contribution < 1.29 is 14.3 Å². The molecule has 1 unspecified atom stereocenters. The van der Waals surface area contributed by atoms with E-state index in [0.717, 1.165) is 15.0 Å². The van der Waals surface area contributed by atoms with Crippen LogP contribution in [0.4, 0.5) is 0 Å². The molecule has 1 saturated heterocycles. The van der Waals surface area contributed by atoms with Gasteiger partial charge in [-0.05, 0) is 12.1 Å². The summed E-state index contributed by atoms with van der Waals surface area (Å²) in [5, 5.41) is 1.62. The number of morpholine rings is 1. The van der Waals surface area contributed by atoms with Crippen molar-refractivity contribution in [3.05, 3.63) is 40.2 Å². The Morgan fingerprint density at radius 3 is 2.91 bits per heavy atom. The van der Waals surface area contributed by atoms with Gasteiger partial charge in [0.05, 0.1) is 18.2 Å². The van der Waals surface area contributed by atoms with Crippen LogP contribution in [0.25, 0.3) is 16.2 Å². The van der Waals surface area contributed by atoms with Gasteiger partial charge in [0.25, 0.3) is 0 Å².